The van der Waals surface area contributed by atoms with Crippen LogP contribution in [0.1, 0.15) is 9.67 Å². The molecule has 0 unspecified atom stereocenters. The molecule has 1 aromatic carbocycles. The first kappa shape index (κ1) is 10.2. The molecule has 0 N–H and O–H groups in total. The van der Waals surface area contributed by atoms with Gasteiger partial charge in [-0.05, 0) is 22.9 Å². The van der Waals surface area contributed by atoms with Gasteiger partial charge in [0.25, 0.3) is 0 Å². The van der Waals surface area contributed by atoms with Crippen molar-refractivity contribution in [2.24, 2.45) is 0 Å². The van der Waals surface area contributed by atoms with Crippen LogP contribution in [-0.4, -0.2) is 11.3 Å². The van der Waals surface area contributed by atoms with Crippen LogP contribution in [0.3, 0.4) is 0 Å². The van der Waals surface area contributed by atoms with Gasteiger partial charge in [0.1, 0.15) is 0 Å². The molecule has 0 spiro atoms. The lowest BCUT2D eigenvalue weighted by Crippen LogP contribution is -1.87. The number of pyridine rings is 1. The molecule has 2 aromatic heterocycles. The fourth-order valence-corrected chi connectivity index (χ4v) is 2.64. The van der Waals surface area contributed by atoms with E-state index in [0.29, 0.717) is 0 Å². The van der Waals surface area contributed by atoms with Crippen molar-refractivity contribution in [2.45, 2.75) is 0 Å². The first-order chi connectivity index (χ1) is 8.40. The first-order valence-corrected chi connectivity index (χ1v) is 6.15. The maximum Gasteiger partial charge on any atom is 0.160 e. The van der Waals surface area contributed by atoms with E-state index in [1.807, 2.05) is 41.8 Å². The fourth-order valence-electron chi connectivity index (χ4n) is 1.94. The zero-order chi connectivity index (χ0) is 11.7. The van der Waals surface area contributed by atoms with Gasteiger partial charge in [0, 0.05) is 17.1 Å². The second kappa shape index (κ2) is 4.11. The average molecular weight is 239 g/mol. The van der Waals surface area contributed by atoms with Crippen LogP contribution in [0.5, 0.6) is 0 Å². The van der Waals surface area contributed by atoms with E-state index in [2.05, 4.69) is 4.98 Å². The third kappa shape index (κ3) is 1.65. The predicted octanol–water partition coefficient (Wildman–Crippen LogP) is 3.78. The van der Waals surface area contributed by atoms with Crippen LogP contribution in [0.15, 0.2) is 48.0 Å². The maximum atomic E-state index is 11.0. The zero-order valence-electron chi connectivity index (χ0n) is 8.96. The normalized spacial score (nSPS) is 10.6. The van der Waals surface area contributed by atoms with Crippen molar-refractivity contribution in [1.29, 1.82) is 0 Å². The van der Waals surface area contributed by atoms with Gasteiger partial charge >= 0.3 is 0 Å². The molecule has 0 atom stereocenters. The molecule has 3 aromatic rings. The number of nitrogens with zero attached hydrogens (tertiary/aromatic N) is 1. The van der Waals surface area contributed by atoms with E-state index in [4.69, 9.17) is 0 Å². The Hall–Kier alpha value is -2.00. The van der Waals surface area contributed by atoms with E-state index in [1.165, 1.54) is 11.3 Å². The Balaban J connectivity index is 2.34. The number of carbonyl (C=O) groups excluding carboxylic acids is 1. The van der Waals surface area contributed by atoms with Crippen LogP contribution in [0.25, 0.3) is 22.0 Å². The Labute approximate surface area is 103 Å². The molecule has 0 saturated heterocycles. The van der Waals surface area contributed by atoms with Crippen LogP contribution in [-0.2, 0) is 0 Å². The molecular formula is C14H9NOS. The van der Waals surface area contributed by atoms with Gasteiger partial charge < -0.3 is 0 Å². The van der Waals surface area contributed by atoms with Gasteiger partial charge in [-0.1, -0.05) is 24.3 Å². The summed E-state index contributed by atoms with van der Waals surface area (Å²) in [6, 6.07) is 12.0. The minimum absolute atomic E-state index is 0.730. The van der Waals surface area contributed by atoms with Gasteiger partial charge in [0.15, 0.2) is 6.29 Å². The lowest BCUT2D eigenvalue weighted by atomic mass is 10.1. The number of aldehydes is 1. The molecule has 3 heteroatoms. The molecule has 2 heterocycles. The van der Waals surface area contributed by atoms with Crippen molar-refractivity contribution < 1.29 is 4.79 Å². The summed E-state index contributed by atoms with van der Waals surface area (Å²) in [5.41, 5.74) is 1.80. The average Bonchev–Trinajstić information content (AvgIpc) is 2.86. The number of fused-ring (bicyclic) bond motifs is 1. The maximum absolute atomic E-state index is 11.0. The smallest absolute Gasteiger partial charge is 0.160 e. The second-order valence-corrected chi connectivity index (χ2v) is 4.64. The lowest BCUT2D eigenvalue weighted by Gasteiger charge is -2.04. The van der Waals surface area contributed by atoms with Crippen molar-refractivity contribution in [1.82, 2.24) is 4.98 Å². The van der Waals surface area contributed by atoms with Crippen LogP contribution in [0.2, 0.25) is 0 Å². The topological polar surface area (TPSA) is 30.0 Å². The SMILES string of the molecule is O=Cc1sccc1-c1nccc2ccccc12. The summed E-state index contributed by atoms with van der Waals surface area (Å²) < 4.78 is 0. The van der Waals surface area contributed by atoms with Gasteiger partial charge in [-0.2, -0.15) is 0 Å². The van der Waals surface area contributed by atoms with Gasteiger partial charge in [0.05, 0.1) is 10.6 Å². The quantitative estimate of drug-likeness (QED) is 0.637. The summed E-state index contributed by atoms with van der Waals surface area (Å²) in [4.78, 5) is 16.1. The zero-order valence-corrected chi connectivity index (χ0v) is 9.78. The Morgan fingerprint density at radius 1 is 1.12 bits per heavy atom. The monoisotopic (exact) mass is 239 g/mol. The van der Waals surface area contributed by atoms with E-state index < -0.39 is 0 Å². The van der Waals surface area contributed by atoms with Gasteiger partial charge in [0.2, 0.25) is 0 Å². The first-order valence-electron chi connectivity index (χ1n) is 5.27. The van der Waals surface area contributed by atoms with Crippen molar-refractivity contribution >= 4 is 28.4 Å². The predicted molar refractivity (Wildman–Crippen MR) is 70.4 cm³/mol. The van der Waals surface area contributed by atoms with E-state index >= 15 is 0 Å². The number of hydrogen-bond donors (Lipinski definition) is 0. The van der Waals surface area contributed by atoms with Crippen LogP contribution in [0, 0.1) is 0 Å². The van der Waals surface area contributed by atoms with Crippen molar-refractivity contribution in [2.75, 3.05) is 0 Å². The molecule has 0 amide bonds. The highest BCUT2D eigenvalue weighted by molar-refractivity contribution is 7.12. The molecular weight excluding hydrogens is 230 g/mol. The van der Waals surface area contributed by atoms with Crippen molar-refractivity contribution in [3.8, 4) is 11.3 Å². The highest BCUT2D eigenvalue weighted by atomic mass is 32.1. The summed E-state index contributed by atoms with van der Waals surface area (Å²) in [5.74, 6) is 0. The third-order valence-electron chi connectivity index (χ3n) is 2.73. The minimum Gasteiger partial charge on any atom is -0.297 e. The largest absolute Gasteiger partial charge is 0.297 e. The highest BCUT2D eigenvalue weighted by Gasteiger charge is 2.10. The number of rotatable bonds is 2. The number of aromatic nitrogens is 1. The minimum atomic E-state index is 0.730. The number of carbonyl (C=O) groups is 1. The Kier molecular flexibility index (Phi) is 2.46. The molecule has 2 nitrogen and oxygen atoms in total. The fraction of sp³-hybridized carbons (Fsp3) is 0. The molecule has 0 bridgehead atoms. The summed E-state index contributed by atoms with van der Waals surface area (Å²) in [6.07, 6.45) is 2.67. The Morgan fingerprint density at radius 2 is 2.00 bits per heavy atom. The summed E-state index contributed by atoms with van der Waals surface area (Å²) in [7, 11) is 0. The number of benzene rings is 1. The van der Waals surface area contributed by atoms with Crippen molar-refractivity contribution in [3.05, 3.63) is 52.9 Å². The summed E-state index contributed by atoms with van der Waals surface area (Å²) in [5, 5.41) is 4.14. The molecule has 3 rings (SSSR count). The van der Waals surface area contributed by atoms with E-state index in [9.17, 15) is 4.79 Å². The van der Waals surface area contributed by atoms with E-state index in [0.717, 1.165) is 33.2 Å². The highest BCUT2D eigenvalue weighted by Crippen LogP contribution is 2.30. The second-order valence-electron chi connectivity index (χ2n) is 3.70. The standard InChI is InChI=1S/C14H9NOS/c16-9-13-12(6-8-17-13)14-11-4-2-1-3-10(11)5-7-15-14/h1-9H. The van der Waals surface area contributed by atoms with Gasteiger partial charge in [-0.15, -0.1) is 11.3 Å². The van der Waals surface area contributed by atoms with E-state index in [1.54, 1.807) is 6.20 Å². The van der Waals surface area contributed by atoms with Crippen LogP contribution in [0.4, 0.5) is 0 Å². The van der Waals surface area contributed by atoms with Crippen molar-refractivity contribution in [3.63, 3.8) is 0 Å². The molecule has 0 saturated carbocycles. The molecule has 0 aliphatic heterocycles. The van der Waals surface area contributed by atoms with Gasteiger partial charge in [-0.25, -0.2) is 0 Å². The number of thiophene rings is 1. The number of hydrogen-bond acceptors (Lipinski definition) is 3. The van der Waals surface area contributed by atoms with E-state index in [-0.39, 0.29) is 0 Å². The third-order valence-corrected chi connectivity index (χ3v) is 3.57. The Bertz CT molecular complexity index is 682. The molecule has 0 aliphatic carbocycles. The van der Waals surface area contributed by atoms with Crippen LogP contribution < -0.4 is 0 Å². The molecule has 0 radical (unpaired) electrons. The molecule has 17 heavy (non-hydrogen) atoms. The lowest BCUT2D eigenvalue weighted by molar-refractivity contribution is 0.112. The molecule has 0 aliphatic rings. The van der Waals surface area contributed by atoms with Crippen LogP contribution >= 0.6 is 11.3 Å². The Morgan fingerprint density at radius 3 is 2.88 bits per heavy atom. The molecule has 0 fully saturated rings. The summed E-state index contributed by atoms with van der Waals surface area (Å²) >= 11 is 1.44. The van der Waals surface area contributed by atoms with Gasteiger partial charge in [-0.3, -0.25) is 9.78 Å². The summed E-state index contributed by atoms with van der Waals surface area (Å²) in [6.45, 7) is 0. The molecule has 82 valence electrons.